The topological polar surface area (TPSA) is 9.23 Å². The fraction of sp³-hybridized carbons (Fsp3) is 0.0667. The molecule has 0 saturated heterocycles. The van der Waals surface area contributed by atoms with Crippen molar-refractivity contribution >= 4 is 16.1 Å². The summed E-state index contributed by atoms with van der Waals surface area (Å²) in [5.41, 5.74) is 4.41. The summed E-state index contributed by atoms with van der Waals surface area (Å²) in [6.45, 7) is 4.69. The molecule has 0 N–H and O–H groups in total. The van der Waals surface area contributed by atoms with Crippen LogP contribution in [0.5, 0.6) is 0 Å². The van der Waals surface area contributed by atoms with Crippen LogP contribution >= 0.6 is 0 Å². The third kappa shape index (κ3) is 2.93. The van der Waals surface area contributed by atoms with E-state index >= 15 is 0 Å². The summed E-state index contributed by atoms with van der Waals surface area (Å²) >= 11 is 0. The molecule has 2 heteroatoms. The van der Waals surface area contributed by atoms with Crippen LogP contribution in [0, 0.1) is 0 Å². The van der Waals surface area contributed by atoms with Crippen LogP contribution in [0.2, 0.25) is 0 Å². The maximum absolute atomic E-state index is 4.94. The predicted octanol–water partition coefficient (Wildman–Crippen LogP) is 3.35. The molecule has 0 atom stereocenters. The standard InChI is InChI=1S/C15H13OSi/c1-12(14-7-3-2-4-8-14)15-9-5-6-13(10-15)11-16-17/h2-10H,1,11H2. The summed E-state index contributed by atoms with van der Waals surface area (Å²) in [7, 11) is 3.02. The van der Waals surface area contributed by atoms with Crippen LogP contribution in [-0.2, 0) is 11.0 Å². The van der Waals surface area contributed by atoms with Crippen molar-refractivity contribution < 1.29 is 4.43 Å². The Balaban J connectivity index is 2.28. The highest BCUT2D eigenvalue weighted by Crippen LogP contribution is 2.22. The number of hydrogen-bond donors (Lipinski definition) is 0. The summed E-state index contributed by atoms with van der Waals surface area (Å²) in [5, 5.41) is 0. The Hall–Kier alpha value is -1.64. The highest BCUT2D eigenvalue weighted by Gasteiger charge is 2.02. The lowest BCUT2D eigenvalue weighted by Crippen LogP contribution is -1.91. The third-order valence-electron chi connectivity index (χ3n) is 2.64. The number of benzene rings is 2. The lowest BCUT2D eigenvalue weighted by molar-refractivity contribution is 0.338. The molecule has 3 radical (unpaired) electrons. The molecule has 0 heterocycles. The van der Waals surface area contributed by atoms with Crippen molar-refractivity contribution in [2.24, 2.45) is 0 Å². The molecule has 0 aliphatic rings. The van der Waals surface area contributed by atoms with E-state index in [-0.39, 0.29) is 0 Å². The van der Waals surface area contributed by atoms with Gasteiger partial charge in [-0.2, -0.15) is 0 Å². The molecule has 0 amide bonds. The molecule has 2 aromatic rings. The summed E-state index contributed by atoms with van der Waals surface area (Å²) in [5.74, 6) is 0. The van der Waals surface area contributed by atoms with Crippen LogP contribution in [0.15, 0.2) is 61.2 Å². The van der Waals surface area contributed by atoms with Crippen LogP contribution in [0.3, 0.4) is 0 Å². The van der Waals surface area contributed by atoms with E-state index in [1.54, 1.807) is 0 Å². The Morgan fingerprint density at radius 3 is 2.41 bits per heavy atom. The lowest BCUT2D eigenvalue weighted by atomic mass is 9.98. The SMILES string of the molecule is C=C(c1ccccc1)c1cccc(CO[Si])c1. The van der Waals surface area contributed by atoms with E-state index < -0.39 is 0 Å². The minimum absolute atomic E-state index is 0.548. The monoisotopic (exact) mass is 237 g/mol. The molecule has 0 spiro atoms. The molecule has 83 valence electrons. The first-order valence-corrected chi connectivity index (χ1v) is 5.84. The molecule has 0 aliphatic carbocycles. The quantitative estimate of drug-likeness (QED) is 0.741. The second-order valence-corrected chi connectivity index (χ2v) is 4.12. The van der Waals surface area contributed by atoms with Crippen LogP contribution in [0.4, 0.5) is 0 Å². The molecular weight excluding hydrogens is 224 g/mol. The Bertz CT molecular complexity index is 505. The average molecular weight is 237 g/mol. The van der Waals surface area contributed by atoms with E-state index in [1.165, 1.54) is 0 Å². The van der Waals surface area contributed by atoms with Gasteiger partial charge in [-0.25, -0.2) is 0 Å². The van der Waals surface area contributed by atoms with E-state index in [2.05, 4.69) is 41.3 Å². The number of rotatable bonds is 4. The normalized spacial score (nSPS) is 10.2. The highest BCUT2D eigenvalue weighted by atomic mass is 28.2. The minimum atomic E-state index is 0.548. The van der Waals surface area contributed by atoms with Crippen molar-refractivity contribution in [1.82, 2.24) is 0 Å². The molecule has 1 nitrogen and oxygen atoms in total. The van der Waals surface area contributed by atoms with Gasteiger partial charge in [0, 0.05) is 0 Å². The van der Waals surface area contributed by atoms with Gasteiger partial charge < -0.3 is 4.43 Å². The van der Waals surface area contributed by atoms with E-state index in [1.807, 2.05) is 30.3 Å². The molecule has 0 bridgehead atoms. The van der Waals surface area contributed by atoms with E-state index in [0.29, 0.717) is 6.61 Å². The summed E-state index contributed by atoms with van der Waals surface area (Å²) < 4.78 is 4.94. The third-order valence-corrected chi connectivity index (χ3v) is 2.78. The fourth-order valence-electron chi connectivity index (χ4n) is 1.74. The Morgan fingerprint density at radius 1 is 1.00 bits per heavy atom. The molecule has 2 aromatic carbocycles. The maximum Gasteiger partial charge on any atom is 0.246 e. The van der Waals surface area contributed by atoms with Crippen molar-refractivity contribution in [3.8, 4) is 0 Å². The molecule has 0 aliphatic heterocycles. The zero-order valence-electron chi connectivity index (χ0n) is 9.52. The van der Waals surface area contributed by atoms with E-state index in [9.17, 15) is 0 Å². The molecule has 0 saturated carbocycles. The summed E-state index contributed by atoms with van der Waals surface area (Å²) in [4.78, 5) is 0. The molecule has 17 heavy (non-hydrogen) atoms. The van der Waals surface area contributed by atoms with E-state index in [4.69, 9.17) is 4.43 Å². The van der Waals surface area contributed by atoms with Gasteiger partial charge in [-0.15, -0.1) is 0 Å². The van der Waals surface area contributed by atoms with Gasteiger partial charge in [0.1, 0.15) is 0 Å². The van der Waals surface area contributed by atoms with Crippen LogP contribution in [0.25, 0.3) is 5.57 Å². The van der Waals surface area contributed by atoms with Gasteiger partial charge in [0.25, 0.3) is 0 Å². The maximum atomic E-state index is 4.94. The van der Waals surface area contributed by atoms with Gasteiger partial charge in [-0.05, 0) is 28.3 Å². The van der Waals surface area contributed by atoms with Gasteiger partial charge >= 0.3 is 0 Å². The van der Waals surface area contributed by atoms with Gasteiger partial charge in [-0.3, -0.25) is 0 Å². The summed E-state index contributed by atoms with van der Waals surface area (Å²) in [6.07, 6.45) is 0. The molecule has 0 fully saturated rings. The predicted molar refractivity (Wildman–Crippen MR) is 71.6 cm³/mol. The average Bonchev–Trinajstić information content (AvgIpc) is 2.40. The zero-order valence-corrected chi connectivity index (χ0v) is 10.5. The van der Waals surface area contributed by atoms with Crippen LogP contribution < -0.4 is 0 Å². The minimum Gasteiger partial charge on any atom is -0.414 e. The van der Waals surface area contributed by atoms with Gasteiger partial charge in [-0.1, -0.05) is 55.1 Å². The zero-order chi connectivity index (χ0) is 12.1. The largest absolute Gasteiger partial charge is 0.414 e. The fourth-order valence-corrected chi connectivity index (χ4v) is 1.90. The Kier molecular flexibility index (Phi) is 3.91. The van der Waals surface area contributed by atoms with E-state index in [0.717, 1.165) is 22.3 Å². The van der Waals surface area contributed by atoms with Crippen molar-refractivity contribution in [3.05, 3.63) is 77.9 Å². The Labute approximate surface area is 105 Å². The molecular formula is C15H13OSi. The van der Waals surface area contributed by atoms with Crippen molar-refractivity contribution in [1.29, 1.82) is 0 Å². The summed E-state index contributed by atoms with van der Waals surface area (Å²) in [6, 6.07) is 18.4. The van der Waals surface area contributed by atoms with Gasteiger partial charge in [0.05, 0.1) is 6.61 Å². The molecule has 0 unspecified atom stereocenters. The Morgan fingerprint density at radius 2 is 1.71 bits per heavy atom. The highest BCUT2D eigenvalue weighted by molar-refractivity contribution is 5.97. The van der Waals surface area contributed by atoms with Gasteiger partial charge in [0.15, 0.2) is 0 Å². The van der Waals surface area contributed by atoms with Crippen LogP contribution in [0.1, 0.15) is 16.7 Å². The first-order chi connectivity index (χ1) is 8.31. The first kappa shape index (κ1) is 11.8. The second-order valence-electron chi connectivity index (χ2n) is 3.83. The van der Waals surface area contributed by atoms with Crippen LogP contribution in [-0.4, -0.2) is 10.5 Å². The second kappa shape index (κ2) is 5.62. The van der Waals surface area contributed by atoms with Crippen molar-refractivity contribution in [3.63, 3.8) is 0 Å². The number of hydrogen-bond acceptors (Lipinski definition) is 1. The lowest BCUT2D eigenvalue weighted by Gasteiger charge is -2.08. The molecule has 2 rings (SSSR count). The smallest absolute Gasteiger partial charge is 0.246 e. The van der Waals surface area contributed by atoms with Gasteiger partial charge in [0.2, 0.25) is 10.5 Å². The molecule has 0 aromatic heterocycles. The van der Waals surface area contributed by atoms with Crippen molar-refractivity contribution in [2.75, 3.05) is 0 Å². The first-order valence-electron chi connectivity index (χ1n) is 5.43. The van der Waals surface area contributed by atoms with Crippen molar-refractivity contribution in [2.45, 2.75) is 6.61 Å².